The van der Waals surface area contributed by atoms with Crippen molar-refractivity contribution in [1.29, 1.82) is 0 Å². The Bertz CT molecular complexity index is 185. The van der Waals surface area contributed by atoms with Crippen molar-refractivity contribution in [3.05, 3.63) is 24.0 Å². The van der Waals surface area contributed by atoms with Gasteiger partial charge in [0.25, 0.3) is 0 Å². The zero-order chi connectivity index (χ0) is 8.81. The van der Waals surface area contributed by atoms with Crippen molar-refractivity contribution in [2.45, 2.75) is 39.5 Å². The summed E-state index contributed by atoms with van der Waals surface area (Å²) < 4.78 is 0. The third-order valence-corrected chi connectivity index (χ3v) is 2.24. The molecule has 1 aliphatic rings. The van der Waals surface area contributed by atoms with E-state index < -0.39 is 0 Å². The summed E-state index contributed by atoms with van der Waals surface area (Å²) in [4.78, 5) is 1.53. The van der Waals surface area contributed by atoms with Gasteiger partial charge in [-0.3, -0.25) is 4.90 Å². The van der Waals surface area contributed by atoms with Crippen LogP contribution in [0.25, 0.3) is 0 Å². The Morgan fingerprint density at radius 2 is 2.00 bits per heavy atom. The number of hydrogen-bond acceptors (Lipinski definition) is 0. The first-order valence-corrected chi connectivity index (χ1v) is 5.11. The van der Waals surface area contributed by atoms with Crippen LogP contribution in [0.5, 0.6) is 0 Å². The summed E-state index contributed by atoms with van der Waals surface area (Å²) in [6.45, 7) is 5.74. The van der Waals surface area contributed by atoms with Crippen molar-refractivity contribution in [3.8, 4) is 0 Å². The van der Waals surface area contributed by atoms with Gasteiger partial charge in [0.05, 0.1) is 12.7 Å². The number of nitrogens with one attached hydrogen (secondary N) is 1. The molecule has 0 spiro atoms. The summed E-state index contributed by atoms with van der Waals surface area (Å²) in [7, 11) is 0. The predicted octanol–water partition coefficient (Wildman–Crippen LogP) is -1.11. The topological polar surface area (TPSA) is 4.44 Å². The molecule has 0 aromatic carbocycles. The van der Waals surface area contributed by atoms with E-state index in [9.17, 15) is 0 Å². The van der Waals surface area contributed by atoms with Crippen LogP contribution in [0.15, 0.2) is 24.0 Å². The highest BCUT2D eigenvalue weighted by molar-refractivity contribution is 5.17. The fraction of sp³-hybridized carbons (Fsp3) is 0.636. The Labute approximate surface area is 87.9 Å². The number of allylic oxidation sites excluding steroid dienone is 2. The van der Waals surface area contributed by atoms with E-state index in [1.165, 1.54) is 42.7 Å². The van der Waals surface area contributed by atoms with Gasteiger partial charge in [0.1, 0.15) is 6.20 Å². The lowest BCUT2D eigenvalue weighted by Crippen LogP contribution is -3.01. The molecule has 1 heterocycles. The van der Waals surface area contributed by atoms with Crippen molar-refractivity contribution in [3.63, 3.8) is 0 Å². The van der Waals surface area contributed by atoms with Crippen LogP contribution in [-0.2, 0) is 0 Å². The SMILES string of the molecule is CCCC[NH+]1C=CC(CCC)=C1.[Cl-]. The van der Waals surface area contributed by atoms with Crippen LogP contribution in [0.3, 0.4) is 0 Å². The predicted molar refractivity (Wildman–Crippen MR) is 52.9 cm³/mol. The summed E-state index contributed by atoms with van der Waals surface area (Å²) in [6, 6.07) is 0. The smallest absolute Gasteiger partial charge is 0.102 e. The molecule has 1 atom stereocenters. The van der Waals surface area contributed by atoms with E-state index in [1.54, 1.807) is 0 Å². The van der Waals surface area contributed by atoms with Crippen molar-refractivity contribution in [2.75, 3.05) is 6.54 Å². The van der Waals surface area contributed by atoms with E-state index in [-0.39, 0.29) is 12.4 Å². The second-order valence-corrected chi connectivity index (χ2v) is 3.48. The van der Waals surface area contributed by atoms with Gasteiger partial charge in [-0.25, -0.2) is 0 Å². The monoisotopic (exact) mass is 201 g/mol. The van der Waals surface area contributed by atoms with Crippen molar-refractivity contribution in [2.24, 2.45) is 0 Å². The number of unbranched alkanes of at least 4 members (excludes halogenated alkanes) is 1. The third-order valence-electron chi connectivity index (χ3n) is 2.24. The van der Waals surface area contributed by atoms with Gasteiger partial charge in [-0.15, -0.1) is 0 Å². The van der Waals surface area contributed by atoms with Gasteiger partial charge in [0, 0.05) is 11.6 Å². The van der Waals surface area contributed by atoms with E-state index in [0.29, 0.717) is 0 Å². The van der Waals surface area contributed by atoms with Crippen LogP contribution in [-0.4, -0.2) is 6.54 Å². The molecule has 1 nitrogen and oxygen atoms in total. The standard InChI is InChI=1S/C11H19N.ClH/c1-3-5-8-12-9-7-11(10-12)6-4-2;/h7,9-10H,3-6,8H2,1-2H3;1H. The van der Waals surface area contributed by atoms with Crippen LogP contribution >= 0.6 is 0 Å². The van der Waals surface area contributed by atoms with E-state index in [2.05, 4.69) is 32.3 Å². The molecule has 0 radical (unpaired) electrons. The summed E-state index contributed by atoms with van der Waals surface area (Å²) >= 11 is 0. The Morgan fingerprint density at radius 3 is 2.62 bits per heavy atom. The van der Waals surface area contributed by atoms with Crippen LogP contribution < -0.4 is 17.3 Å². The van der Waals surface area contributed by atoms with Crippen LogP contribution in [0, 0.1) is 0 Å². The van der Waals surface area contributed by atoms with Crippen LogP contribution in [0.4, 0.5) is 0 Å². The molecular formula is C11H20ClN. The second kappa shape index (κ2) is 7.16. The highest BCUT2D eigenvalue weighted by Crippen LogP contribution is 2.05. The maximum Gasteiger partial charge on any atom is 0.102 e. The van der Waals surface area contributed by atoms with E-state index in [0.717, 1.165) is 0 Å². The fourth-order valence-electron chi connectivity index (χ4n) is 1.53. The van der Waals surface area contributed by atoms with Crippen LogP contribution in [0.2, 0.25) is 0 Å². The Kier molecular flexibility index (Phi) is 7.02. The molecule has 0 saturated heterocycles. The molecule has 0 bridgehead atoms. The molecule has 0 aromatic rings. The normalized spacial score (nSPS) is 19.8. The number of quaternary nitrogens is 1. The van der Waals surface area contributed by atoms with E-state index in [4.69, 9.17) is 0 Å². The van der Waals surface area contributed by atoms with E-state index in [1.807, 2.05) is 0 Å². The Hall–Kier alpha value is -0.270. The molecule has 76 valence electrons. The molecule has 1 unspecified atom stereocenters. The second-order valence-electron chi connectivity index (χ2n) is 3.48. The summed E-state index contributed by atoms with van der Waals surface area (Å²) in [5.41, 5.74) is 1.52. The minimum absolute atomic E-state index is 0. The molecule has 2 heteroatoms. The maximum atomic E-state index is 2.36. The molecule has 1 rings (SSSR count). The number of hydrogen-bond donors (Lipinski definition) is 1. The minimum Gasteiger partial charge on any atom is -1.00 e. The molecule has 13 heavy (non-hydrogen) atoms. The van der Waals surface area contributed by atoms with Gasteiger partial charge >= 0.3 is 0 Å². The zero-order valence-electron chi connectivity index (χ0n) is 8.65. The Balaban J connectivity index is 0.00000144. The lowest BCUT2D eigenvalue weighted by Gasteiger charge is -2.04. The Morgan fingerprint density at radius 1 is 1.23 bits per heavy atom. The highest BCUT2D eigenvalue weighted by Gasteiger charge is 2.08. The molecule has 1 aliphatic heterocycles. The summed E-state index contributed by atoms with van der Waals surface area (Å²) in [5, 5.41) is 0. The quantitative estimate of drug-likeness (QED) is 0.576. The van der Waals surface area contributed by atoms with Gasteiger partial charge in [0.2, 0.25) is 0 Å². The summed E-state index contributed by atoms with van der Waals surface area (Å²) in [5.74, 6) is 0. The molecular weight excluding hydrogens is 182 g/mol. The van der Waals surface area contributed by atoms with Crippen LogP contribution in [0.1, 0.15) is 39.5 Å². The molecule has 0 amide bonds. The number of halogens is 1. The van der Waals surface area contributed by atoms with Gasteiger partial charge < -0.3 is 12.4 Å². The molecule has 0 aromatic heterocycles. The lowest BCUT2D eigenvalue weighted by molar-refractivity contribution is -0.788. The first-order chi connectivity index (χ1) is 5.86. The fourth-order valence-corrected chi connectivity index (χ4v) is 1.53. The molecule has 0 fully saturated rings. The minimum atomic E-state index is 0. The maximum absolute atomic E-state index is 2.36. The third kappa shape index (κ3) is 4.49. The van der Waals surface area contributed by atoms with E-state index >= 15 is 0 Å². The first kappa shape index (κ1) is 12.7. The lowest BCUT2D eigenvalue weighted by atomic mass is 10.2. The average molecular weight is 202 g/mol. The van der Waals surface area contributed by atoms with Crippen molar-refractivity contribution in [1.82, 2.24) is 0 Å². The van der Waals surface area contributed by atoms with Crippen molar-refractivity contribution < 1.29 is 17.3 Å². The molecule has 0 aliphatic carbocycles. The summed E-state index contributed by atoms with van der Waals surface area (Å²) in [6.07, 6.45) is 12.0. The van der Waals surface area contributed by atoms with Crippen molar-refractivity contribution >= 4 is 0 Å². The largest absolute Gasteiger partial charge is 1.00 e. The van der Waals surface area contributed by atoms with Gasteiger partial charge in [-0.2, -0.15) is 0 Å². The van der Waals surface area contributed by atoms with Gasteiger partial charge in [0.15, 0.2) is 0 Å². The average Bonchev–Trinajstić information content (AvgIpc) is 2.50. The molecule has 1 N–H and O–H groups in total. The van der Waals surface area contributed by atoms with Gasteiger partial charge in [-0.05, 0) is 12.8 Å². The number of rotatable bonds is 5. The first-order valence-electron chi connectivity index (χ1n) is 5.11. The zero-order valence-corrected chi connectivity index (χ0v) is 9.40. The van der Waals surface area contributed by atoms with Gasteiger partial charge in [-0.1, -0.05) is 26.7 Å². The molecule has 0 saturated carbocycles. The highest BCUT2D eigenvalue weighted by atomic mass is 35.5.